The average Bonchev–Trinajstić information content (AvgIpc) is 2.70. The number of halogens is 1. The zero-order chi connectivity index (χ0) is 20.4. The molecule has 6 nitrogen and oxygen atoms in total. The van der Waals surface area contributed by atoms with Gasteiger partial charge in [-0.15, -0.1) is 0 Å². The molecule has 150 valence electrons. The van der Waals surface area contributed by atoms with Crippen LogP contribution in [0.4, 0.5) is 23.1 Å². The van der Waals surface area contributed by atoms with Gasteiger partial charge in [-0.05, 0) is 55.6 Å². The van der Waals surface area contributed by atoms with E-state index in [2.05, 4.69) is 32.0 Å². The Balaban J connectivity index is 1.64. The van der Waals surface area contributed by atoms with Crippen LogP contribution in [0.25, 0.3) is 0 Å². The Hall–Kier alpha value is -2.40. The van der Waals surface area contributed by atoms with Crippen LogP contribution in [0.1, 0.15) is 11.1 Å². The summed E-state index contributed by atoms with van der Waals surface area (Å²) in [6, 6.07) is 13.7. The van der Waals surface area contributed by atoms with E-state index in [0.717, 1.165) is 36.2 Å². The summed E-state index contributed by atoms with van der Waals surface area (Å²) in [7, 11) is -2.46. The second-order valence-electron chi connectivity index (χ2n) is 7.38. The van der Waals surface area contributed by atoms with Gasteiger partial charge >= 0.3 is 0 Å². The Morgan fingerprint density at radius 1 is 1.07 bits per heavy atom. The summed E-state index contributed by atoms with van der Waals surface area (Å²) >= 11 is 6.34. The van der Waals surface area contributed by atoms with Crippen molar-refractivity contribution in [3.63, 3.8) is 0 Å². The van der Waals surface area contributed by atoms with E-state index in [0.29, 0.717) is 16.8 Å². The van der Waals surface area contributed by atoms with Gasteiger partial charge in [-0.2, -0.15) is 4.98 Å². The monoisotopic (exact) mass is 427 g/mol. The second kappa shape index (κ2) is 8.15. The first-order chi connectivity index (χ1) is 13.9. The molecule has 2 heterocycles. The number of para-hydroxylation sites is 1. The van der Waals surface area contributed by atoms with Gasteiger partial charge in [0.1, 0.15) is 12.2 Å². The molecule has 1 aliphatic heterocycles. The standard InChI is InChI=1S/C21H23ClN5OP/c1-29(2,28)19-9-4-3-7-18(19)25-20-16(22)13-24-21(27-20)26-17-8-5-6-14-12-23-11-10-15(14)17/h3-9,13,23H,10-12H2,1-2H3,(H2,24,25,26,27). The van der Waals surface area contributed by atoms with Gasteiger partial charge in [0.05, 0.1) is 11.9 Å². The van der Waals surface area contributed by atoms with Crippen molar-refractivity contribution in [3.05, 3.63) is 64.8 Å². The predicted molar refractivity (Wildman–Crippen MR) is 121 cm³/mol. The normalized spacial score (nSPS) is 13.6. The molecule has 0 bridgehead atoms. The number of anilines is 4. The molecule has 0 amide bonds. The zero-order valence-electron chi connectivity index (χ0n) is 16.4. The van der Waals surface area contributed by atoms with E-state index in [1.807, 2.05) is 36.4 Å². The van der Waals surface area contributed by atoms with Crippen LogP contribution in [0.15, 0.2) is 48.7 Å². The van der Waals surface area contributed by atoms with Gasteiger partial charge in [0.2, 0.25) is 5.95 Å². The highest BCUT2D eigenvalue weighted by molar-refractivity contribution is 7.70. The van der Waals surface area contributed by atoms with Crippen LogP contribution in [0, 0.1) is 0 Å². The summed E-state index contributed by atoms with van der Waals surface area (Å²) in [6.45, 7) is 5.31. The topological polar surface area (TPSA) is 78.9 Å². The van der Waals surface area contributed by atoms with Gasteiger partial charge < -0.3 is 20.5 Å². The maximum absolute atomic E-state index is 12.6. The van der Waals surface area contributed by atoms with Crippen molar-refractivity contribution in [2.75, 3.05) is 30.5 Å². The average molecular weight is 428 g/mol. The third-order valence-electron chi connectivity index (χ3n) is 4.87. The molecule has 0 saturated carbocycles. The molecule has 3 aromatic rings. The summed E-state index contributed by atoms with van der Waals surface area (Å²) in [4.78, 5) is 8.90. The smallest absolute Gasteiger partial charge is 0.229 e. The summed E-state index contributed by atoms with van der Waals surface area (Å²) in [5.41, 5.74) is 4.30. The molecule has 29 heavy (non-hydrogen) atoms. The van der Waals surface area contributed by atoms with Crippen LogP contribution in [-0.4, -0.2) is 29.8 Å². The van der Waals surface area contributed by atoms with Gasteiger partial charge in [-0.1, -0.05) is 35.9 Å². The molecule has 3 N–H and O–H groups in total. The Morgan fingerprint density at radius 3 is 2.69 bits per heavy atom. The third kappa shape index (κ3) is 4.45. The molecule has 0 atom stereocenters. The minimum atomic E-state index is -2.46. The minimum absolute atomic E-state index is 0.395. The number of rotatable bonds is 5. The van der Waals surface area contributed by atoms with E-state index < -0.39 is 7.14 Å². The lowest BCUT2D eigenvalue weighted by atomic mass is 9.99. The van der Waals surface area contributed by atoms with Crippen LogP contribution < -0.4 is 21.3 Å². The van der Waals surface area contributed by atoms with Crippen LogP contribution in [-0.2, 0) is 17.5 Å². The van der Waals surface area contributed by atoms with Gasteiger partial charge in [-0.3, -0.25) is 0 Å². The molecule has 0 fully saturated rings. The van der Waals surface area contributed by atoms with Gasteiger partial charge in [0, 0.05) is 17.5 Å². The zero-order valence-corrected chi connectivity index (χ0v) is 18.0. The van der Waals surface area contributed by atoms with E-state index in [1.165, 1.54) is 11.1 Å². The highest BCUT2D eigenvalue weighted by Crippen LogP contribution is 2.38. The molecular weight excluding hydrogens is 405 g/mol. The first kappa shape index (κ1) is 19.9. The summed E-state index contributed by atoms with van der Waals surface area (Å²) < 4.78 is 12.6. The molecule has 0 unspecified atom stereocenters. The van der Waals surface area contributed by atoms with E-state index >= 15 is 0 Å². The number of hydrogen-bond donors (Lipinski definition) is 3. The maximum atomic E-state index is 12.6. The van der Waals surface area contributed by atoms with Crippen LogP contribution in [0.3, 0.4) is 0 Å². The molecule has 1 aromatic heterocycles. The first-order valence-corrected chi connectivity index (χ1v) is 12.4. The predicted octanol–water partition coefficient (Wildman–Crippen LogP) is 4.51. The summed E-state index contributed by atoms with van der Waals surface area (Å²) in [5, 5.41) is 11.1. The van der Waals surface area contributed by atoms with E-state index in [4.69, 9.17) is 11.6 Å². The number of nitrogens with zero attached hydrogens (tertiary/aromatic N) is 2. The summed E-state index contributed by atoms with van der Waals surface area (Å²) in [5.74, 6) is 0.925. The van der Waals surface area contributed by atoms with E-state index in [1.54, 1.807) is 19.5 Å². The van der Waals surface area contributed by atoms with Gasteiger partial charge in [0.15, 0.2) is 5.82 Å². The molecule has 2 aromatic carbocycles. The molecule has 1 aliphatic rings. The number of hydrogen-bond acceptors (Lipinski definition) is 6. The van der Waals surface area contributed by atoms with Gasteiger partial charge in [0.25, 0.3) is 0 Å². The quantitative estimate of drug-likeness (QED) is 0.520. The molecule has 4 rings (SSSR count). The van der Waals surface area contributed by atoms with Crippen molar-refractivity contribution in [3.8, 4) is 0 Å². The number of fused-ring (bicyclic) bond motifs is 1. The minimum Gasteiger partial charge on any atom is -0.338 e. The largest absolute Gasteiger partial charge is 0.338 e. The Kier molecular flexibility index (Phi) is 5.59. The van der Waals surface area contributed by atoms with Crippen molar-refractivity contribution in [2.24, 2.45) is 0 Å². The van der Waals surface area contributed by atoms with Crippen LogP contribution in [0.2, 0.25) is 5.02 Å². The fraction of sp³-hybridized carbons (Fsp3) is 0.238. The van der Waals surface area contributed by atoms with Gasteiger partial charge in [-0.25, -0.2) is 4.98 Å². The summed E-state index contributed by atoms with van der Waals surface area (Å²) in [6.07, 6.45) is 2.52. The molecule has 0 radical (unpaired) electrons. The van der Waals surface area contributed by atoms with E-state index in [-0.39, 0.29) is 0 Å². The van der Waals surface area contributed by atoms with Crippen molar-refractivity contribution >= 4 is 47.2 Å². The molecular formula is C21H23ClN5OP. The molecule has 0 aliphatic carbocycles. The highest BCUT2D eigenvalue weighted by Gasteiger charge is 2.18. The lowest BCUT2D eigenvalue weighted by Crippen LogP contribution is -2.24. The van der Waals surface area contributed by atoms with Crippen molar-refractivity contribution in [2.45, 2.75) is 13.0 Å². The van der Waals surface area contributed by atoms with Crippen LogP contribution in [0.5, 0.6) is 0 Å². The molecule has 8 heteroatoms. The number of nitrogens with one attached hydrogen (secondary N) is 3. The fourth-order valence-electron chi connectivity index (χ4n) is 3.46. The lowest BCUT2D eigenvalue weighted by Gasteiger charge is -2.21. The molecule has 0 saturated heterocycles. The molecule has 0 spiro atoms. The third-order valence-corrected chi connectivity index (χ3v) is 6.69. The number of benzene rings is 2. The Morgan fingerprint density at radius 2 is 1.86 bits per heavy atom. The van der Waals surface area contributed by atoms with Crippen molar-refractivity contribution < 1.29 is 4.57 Å². The fourth-order valence-corrected chi connectivity index (χ4v) is 4.75. The second-order valence-corrected chi connectivity index (χ2v) is 11.0. The SMILES string of the molecule is CP(C)(=O)c1ccccc1Nc1nc(Nc2cccc3c2CCNC3)ncc1Cl. The first-order valence-electron chi connectivity index (χ1n) is 9.44. The van der Waals surface area contributed by atoms with Crippen molar-refractivity contribution in [1.82, 2.24) is 15.3 Å². The highest BCUT2D eigenvalue weighted by atomic mass is 35.5. The Labute approximate surface area is 175 Å². The number of aromatic nitrogens is 2. The van der Waals surface area contributed by atoms with E-state index in [9.17, 15) is 4.57 Å². The van der Waals surface area contributed by atoms with Crippen LogP contribution >= 0.6 is 18.7 Å². The lowest BCUT2D eigenvalue weighted by molar-refractivity contribution is 0.588. The maximum Gasteiger partial charge on any atom is 0.229 e. The van der Waals surface area contributed by atoms with Crippen molar-refractivity contribution in [1.29, 1.82) is 0 Å². The Bertz CT molecular complexity index is 1100.